The first kappa shape index (κ1) is 25.8. The van der Waals surface area contributed by atoms with E-state index in [9.17, 15) is 14.4 Å². The summed E-state index contributed by atoms with van der Waals surface area (Å²) in [4.78, 5) is 36.2. The molecule has 0 aliphatic carbocycles. The first-order chi connectivity index (χ1) is 16.8. The number of hydrogen-bond donors (Lipinski definition) is 3. The Labute approximate surface area is 209 Å². The lowest BCUT2D eigenvalue weighted by Crippen LogP contribution is -2.14. The van der Waals surface area contributed by atoms with Gasteiger partial charge in [0.25, 0.3) is 5.91 Å². The van der Waals surface area contributed by atoms with Gasteiger partial charge in [-0.3, -0.25) is 19.7 Å². The SMILES string of the molecule is COc1cc(C(=O)Nc2nnc(SCC(=O)Nc3cccc(NC(C)=O)c3)s2)cc(OC)c1OC. The number of amides is 3. The Balaban J connectivity index is 1.57. The van der Waals surface area contributed by atoms with E-state index in [-0.39, 0.29) is 28.3 Å². The minimum Gasteiger partial charge on any atom is -0.493 e. The van der Waals surface area contributed by atoms with Crippen molar-refractivity contribution in [1.29, 1.82) is 0 Å². The molecule has 3 amide bonds. The Hall–Kier alpha value is -3.84. The summed E-state index contributed by atoms with van der Waals surface area (Å²) in [5.74, 6) is 0.259. The van der Waals surface area contributed by atoms with Gasteiger partial charge in [-0.2, -0.15) is 0 Å². The maximum absolute atomic E-state index is 12.7. The second kappa shape index (κ2) is 12.0. The van der Waals surface area contributed by atoms with Crippen molar-refractivity contribution in [2.45, 2.75) is 11.3 Å². The summed E-state index contributed by atoms with van der Waals surface area (Å²) in [5, 5.41) is 16.3. The van der Waals surface area contributed by atoms with E-state index in [2.05, 4.69) is 26.1 Å². The quantitative estimate of drug-likeness (QED) is 0.272. The molecule has 3 aromatic rings. The van der Waals surface area contributed by atoms with Crippen LogP contribution in [0, 0.1) is 0 Å². The van der Waals surface area contributed by atoms with Crippen molar-refractivity contribution in [3.63, 3.8) is 0 Å². The number of aromatic nitrogens is 2. The lowest BCUT2D eigenvalue weighted by atomic mass is 10.1. The summed E-state index contributed by atoms with van der Waals surface area (Å²) in [6.45, 7) is 1.41. The third kappa shape index (κ3) is 7.07. The average Bonchev–Trinajstić information content (AvgIpc) is 3.28. The Bertz CT molecular complexity index is 1210. The van der Waals surface area contributed by atoms with E-state index in [4.69, 9.17) is 14.2 Å². The van der Waals surface area contributed by atoms with Gasteiger partial charge in [0.05, 0.1) is 27.1 Å². The van der Waals surface area contributed by atoms with Crippen LogP contribution < -0.4 is 30.2 Å². The summed E-state index contributed by atoms with van der Waals surface area (Å²) in [5.41, 5.74) is 1.42. The number of benzene rings is 2. The fourth-order valence-corrected chi connectivity index (χ4v) is 4.45. The molecule has 2 aromatic carbocycles. The van der Waals surface area contributed by atoms with Crippen LogP contribution in [0.15, 0.2) is 40.7 Å². The topological polar surface area (TPSA) is 141 Å². The standard InChI is InChI=1S/C22H23N5O6S2/c1-12(28)23-14-6-5-7-15(10-14)24-18(29)11-34-22-27-26-21(35-22)25-20(30)13-8-16(31-2)19(33-4)17(9-13)32-3/h5-10H,11H2,1-4H3,(H,23,28)(H,24,29)(H,25,26,30). The van der Waals surface area contributed by atoms with E-state index >= 15 is 0 Å². The average molecular weight is 518 g/mol. The number of hydrogen-bond acceptors (Lipinski definition) is 10. The predicted molar refractivity (Wildman–Crippen MR) is 134 cm³/mol. The van der Waals surface area contributed by atoms with Crippen molar-refractivity contribution in [3.05, 3.63) is 42.0 Å². The van der Waals surface area contributed by atoms with E-state index in [0.29, 0.717) is 33.0 Å². The summed E-state index contributed by atoms with van der Waals surface area (Å²) >= 11 is 2.31. The molecule has 0 aliphatic rings. The zero-order chi connectivity index (χ0) is 25.4. The van der Waals surface area contributed by atoms with Gasteiger partial charge in [0.1, 0.15) is 0 Å². The Morgan fingerprint density at radius 1 is 0.914 bits per heavy atom. The molecule has 0 bridgehead atoms. The number of anilines is 3. The zero-order valence-corrected chi connectivity index (χ0v) is 21.0. The van der Waals surface area contributed by atoms with Crippen LogP contribution in [0.3, 0.4) is 0 Å². The molecular weight excluding hydrogens is 494 g/mol. The lowest BCUT2D eigenvalue weighted by Gasteiger charge is -2.13. The number of thioether (sulfide) groups is 1. The molecule has 0 aliphatic heterocycles. The van der Waals surface area contributed by atoms with Crippen molar-refractivity contribution in [2.75, 3.05) is 43.0 Å². The normalized spacial score (nSPS) is 10.3. The third-order valence-corrected chi connectivity index (χ3v) is 6.32. The van der Waals surface area contributed by atoms with Gasteiger partial charge in [0, 0.05) is 23.9 Å². The molecule has 11 nitrogen and oxygen atoms in total. The highest BCUT2D eigenvalue weighted by Gasteiger charge is 2.18. The van der Waals surface area contributed by atoms with E-state index in [0.717, 1.165) is 11.3 Å². The molecule has 1 aromatic heterocycles. The molecule has 0 fully saturated rings. The smallest absolute Gasteiger partial charge is 0.257 e. The van der Waals surface area contributed by atoms with E-state index in [1.54, 1.807) is 24.3 Å². The maximum atomic E-state index is 12.7. The molecule has 0 radical (unpaired) electrons. The Morgan fingerprint density at radius 3 is 2.17 bits per heavy atom. The second-order valence-electron chi connectivity index (χ2n) is 6.84. The fraction of sp³-hybridized carbons (Fsp3) is 0.227. The van der Waals surface area contributed by atoms with E-state index in [1.807, 2.05) is 0 Å². The number of rotatable bonds is 10. The fourth-order valence-electron chi connectivity index (χ4n) is 2.90. The molecule has 0 saturated carbocycles. The van der Waals surface area contributed by atoms with Crippen LogP contribution in [0.25, 0.3) is 0 Å². The summed E-state index contributed by atoms with van der Waals surface area (Å²) in [6.07, 6.45) is 0. The molecule has 0 unspecified atom stereocenters. The molecule has 35 heavy (non-hydrogen) atoms. The predicted octanol–water partition coefficient (Wildman–Crippen LogP) is 3.51. The van der Waals surface area contributed by atoms with Crippen LogP contribution in [-0.2, 0) is 9.59 Å². The Morgan fingerprint density at radius 2 is 1.57 bits per heavy atom. The van der Waals surface area contributed by atoms with Crippen LogP contribution in [0.1, 0.15) is 17.3 Å². The van der Waals surface area contributed by atoms with Gasteiger partial charge < -0.3 is 24.8 Å². The number of carbonyl (C=O) groups excluding carboxylic acids is 3. The van der Waals surface area contributed by atoms with Gasteiger partial charge in [-0.15, -0.1) is 10.2 Å². The molecule has 1 heterocycles. The molecule has 3 rings (SSSR count). The van der Waals surface area contributed by atoms with Gasteiger partial charge >= 0.3 is 0 Å². The van der Waals surface area contributed by atoms with Gasteiger partial charge in [0.15, 0.2) is 15.8 Å². The first-order valence-electron chi connectivity index (χ1n) is 10.1. The van der Waals surface area contributed by atoms with Crippen LogP contribution >= 0.6 is 23.1 Å². The molecule has 0 saturated heterocycles. The van der Waals surface area contributed by atoms with Gasteiger partial charge in [0.2, 0.25) is 22.7 Å². The van der Waals surface area contributed by atoms with Crippen LogP contribution in [0.4, 0.5) is 16.5 Å². The molecular formula is C22H23N5O6S2. The van der Waals surface area contributed by atoms with Gasteiger partial charge in [-0.1, -0.05) is 29.2 Å². The minimum absolute atomic E-state index is 0.0832. The third-order valence-electron chi connectivity index (χ3n) is 4.35. The number of ether oxygens (including phenoxy) is 3. The molecule has 184 valence electrons. The minimum atomic E-state index is -0.436. The summed E-state index contributed by atoms with van der Waals surface area (Å²) in [6, 6.07) is 9.88. The van der Waals surface area contributed by atoms with Crippen molar-refractivity contribution in [2.24, 2.45) is 0 Å². The zero-order valence-electron chi connectivity index (χ0n) is 19.3. The van der Waals surface area contributed by atoms with Crippen molar-refractivity contribution < 1.29 is 28.6 Å². The lowest BCUT2D eigenvalue weighted by molar-refractivity contribution is -0.114. The maximum Gasteiger partial charge on any atom is 0.257 e. The largest absolute Gasteiger partial charge is 0.493 e. The van der Waals surface area contributed by atoms with Crippen molar-refractivity contribution >= 4 is 57.3 Å². The van der Waals surface area contributed by atoms with Crippen LogP contribution in [0.2, 0.25) is 0 Å². The molecule has 0 spiro atoms. The van der Waals surface area contributed by atoms with Crippen molar-refractivity contribution in [3.8, 4) is 17.2 Å². The number of carbonyl (C=O) groups is 3. The highest BCUT2D eigenvalue weighted by atomic mass is 32.2. The van der Waals surface area contributed by atoms with Gasteiger partial charge in [-0.05, 0) is 30.3 Å². The summed E-state index contributed by atoms with van der Waals surface area (Å²) in [7, 11) is 4.40. The first-order valence-corrected chi connectivity index (χ1v) is 11.9. The molecule has 0 atom stereocenters. The summed E-state index contributed by atoms with van der Waals surface area (Å²) < 4.78 is 16.3. The molecule has 13 heteroatoms. The second-order valence-corrected chi connectivity index (χ2v) is 9.04. The van der Waals surface area contributed by atoms with Gasteiger partial charge in [-0.25, -0.2) is 0 Å². The van der Waals surface area contributed by atoms with Crippen molar-refractivity contribution in [1.82, 2.24) is 10.2 Å². The number of nitrogens with zero attached hydrogens (tertiary/aromatic N) is 2. The van der Waals surface area contributed by atoms with E-state index in [1.165, 1.54) is 52.1 Å². The number of methoxy groups -OCH3 is 3. The van der Waals surface area contributed by atoms with E-state index < -0.39 is 5.91 Å². The van der Waals surface area contributed by atoms with Crippen LogP contribution in [-0.4, -0.2) is 55.0 Å². The Kier molecular flexibility index (Phi) is 8.86. The highest BCUT2D eigenvalue weighted by molar-refractivity contribution is 8.01. The highest BCUT2D eigenvalue weighted by Crippen LogP contribution is 2.38. The number of nitrogens with one attached hydrogen (secondary N) is 3. The monoisotopic (exact) mass is 517 g/mol. The molecule has 3 N–H and O–H groups in total. The van der Waals surface area contributed by atoms with Crippen LogP contribution in [0.5, 0.6) is 17.2 Å².